The molecule has 0 aromatic heterocycles. The van der Waals surface area contributed by atoms with Crippen molar-refractivity contribution in [2.45, 2.75) is 85.9 Å². The van der Waals surface area contributed by atoms with Crippen LogP contribution in [-0.2, 0) is 15.9 Å². The summed E-state index contributed by atoms with van der Waals surface area (Å²) >= 11 is 0. The minimum Gasteiger partial charge on any atom is -0.456 e. The van der Waals surface area contributed by atoms with Crippen LogP contribution in [0.4, 0.5) is 0 Å². The predicted octanol–water partition coefficient (Wildman–Crippen LogP) is 5.58. The summed E-state index contributed by atoms with van der Waals surface area (Å²) in [5.74, 6) is -0.363. The maximum absolute atomic E-state index is 12.7. The number of carbonyl (C=O) groups is 2. The molecule has 0 amide bonds. The SMILES string of the molecule is CC(C)CCCc1ccc(C(=O)OC(C)(C)C)c(C(=O)OC(C)(C)C)c1. The molecule has 0 bridgehead atoms. The highest BCUT2D eigenvalue weighted by Crippen LogP contribution is 2.22. The van der Waals surface area contributed by atoms with E-state index in [0.29, 0.717) is 5.92 Å². The van der Waals surface area contributed by atoms with E-state index in [-0.39, 0.29) is 11.1 Å². The van der Waals surface area contributed by atoms with Crippen LogP contribution in [0.15, 0.2) is 18.2 Å². The largest absolute Gasteiger partial charge is 0.456 e. The second kappa shape index (κ2) is 8.70. The molecule has 26 heavy (non-hydrogen) atoms. The molecular weight excluding hydrogens is 328 g/mol. The summed E-state index contributed by atoms with van der Waals surface area (Å²) in [7, 11) is 0. The fourth-order valence-corrected chi connectivity index (χ4v) is 2.47. The van der Waals surface area contributed by atoms with Crippen molar-refractivity contribution in [3.05, 3.63) is 34.9 Å². The molecular formula is C22H34O4. The van der Waals surface area contributed by atoms with E-state index in [1.165, 1.54) is 0 Å². The Bertz CT molecular complexity index is 631. The molecule has 0 aliphatic heterocycles. The lowest BCUT2D eigenvalue weighted by molar-refractivity contribution is 0.00186. The Kier molecular flexibility index (Phi) is 7.43. The number of hydrogen-bond acceptors (Lipinski definition) is 4. The molecule has 1 aromatic rings. The van der Waals surface area contributed by atoms with E-state index in [9.17, 15) is 9.59 Å². The smallest absolute Gasteiger partial charge is 0.339 e. The standard InChI is InChI=1S/C22H34O4/c1-15(2)10-9-11-16-12-13-17(19(23)25-21(3,4)5)18(14-16)20(24)26-22(6,7)8/h12-15H,9-11H2,1-8H3. The summed E-state index contributed by atoms with van der Waals surface area (Å²) in [5.41, 5.74) is 0.297. The van der Waals surface area contributed by atoms with Gasteiger partial charge in [-0.3, -0.25) is 0 Å². The Hall–Kier alpha value is -1.84. The van der Waals surface area contributed by atoms with Crippen molar-refractivity contribution in [3.63, 3.8) is 0 Å². The Morgan fingerprint density at radius 3 is 1.85 bits per heavy atom. The molecule has 4 heteroatoms. The summed E-state index contributed by atoms with van der Waals surface area (Å²) in [5, 5.41) is 0. The fraction of sp³-hybridized carbons (Fsp3) is 0.636. The fourth-order valence-electron chi connectivity index (χ4n) is 2.47. The molecule has 0 fully saturated rings. The highest BCUT2D eigenvalue weighted by Gasteiger charge is 2.26. The van der Waals surface area contributed by atoms with Gasteiger partial charge in [0.05, 0.1) is 11.1 Å². The highest BCUT2D eigenvalue weighted by molar-refractivity contribution is 6.03. The van der Waals surface area contributed by atoms with Crippen LogP contribution < -0.4 is 0 Å². The molecule has 0 aliphatic rings. The van der Waals surface area contributed by atoms with Crippen LogP contribution in [-0.4, -0.2) is 23.1 Å². The Labute approximate surface area is 158 Å². The van der Waals surface area contributed by atoms with Crippen LogP contribution >= 0.6 is 0 Å². The molecule has 0 radical (unpaired) electrons. The number of aryl methyl sites for hydroxylation is 1. The summed E-state index contributed by atoms with van der Waals surface area (Å²) < 4.78 is 10.9. The van der Waals surface area contributed by atoms with E-state index in [1.807, 2.05) is 26.8 Å². The molecule has 0 saturated heterocycles. The van der Waals surface area contributed by atoms with E-state index >= 15 is 0 Å². The van der Waals surface area contributed by atoms with Crippen LogP contribution in [0.25, 0.3) is 0 Å². The van der Waals surface area contributed by atoms with Crippen LogP contribution in [0.5, 0.6) is 0 Å². The molecule has 0 heterocycles. The van der Waals surface area contributed by atoms with Gasteiger partial charge in [-0.2, -0.15) is 0 Å². The zero-order valence-corrected chi connectivity index (χ0v) is 17.6. The lowest BCUT2D eigenvalue weighted by atomic mass is 9.98. The number of hydrogen-bond donors (Lipinski definition) is 0. The zero-order chi connectivity index (χ0) is 20.1. The third kappa shape index (κ3) is 8.03. The van der Waals surface area contributed by atoms with Gasteiger partial charge in [0.2, 0.25) is 0 Å². The third-order valence-corrected chi connectivity index (χ3v) is 3.57. The van der Waals surface area contributed by atoms with Gasteiger partial charge in [0.25, 0.3) is 0 Å². The minimum absolute atomic E-state index is 0.252. The predicted molar refractivity (Wildman–Crippen MR) is 105 cm³/mol. The number of ether oxygens (including phenoxy) is 2. The molecule has 0 spiro atoms. The average molecular weight is 363 g/mol. The van der Waals surface area contributed by atoms with Crippen molar-refractivity contribution < 1.29 is 19.1 Å². The summed E-state index contributed by atoms with van der Waals surface area (Å²) in [6, 6.07) is 5.35. The second-order valence-corrected chi connectivity index (χ2v) is 9.17. The zero-order valence-electron chi connectivity index (χ0n) is 17.6. The van der Waals surface area contributed by atoms with E-state index in [1.54, 1.807) is 32.9 Å². The Morgan fingerprint density at radius 1 is 0.885 bits per heavy atom. The number of benzene rings is 1. The van der Waals surface area contributed by atoms with E-state index in [0.717, 1.165) is 24.8 Å². The maximum atomic E-state index is 12.7. The summed E-state index contributed by atoms with van der Waals surface area (Å²) in [6.07, 6.45) is 3.02. The van der Waals surface area contributed by atoms with Gasteiger partial charge in [-0.15, -0.1) is 0 Å². The average Bonchev–Trinajstić information content (AvgIpc) is 2.43. The first-order valence-electron chi connectivity index (χ1n) is 9.38. The Balaban J connectivity index is 3.15. The molecule has 1 rings (SSSR count). The van der Waals surface area contributed by atoms with Gasteiger partial charge < -0.3 is 9.47 Å². The second-order valence-electron chi connectivity index (χ2n) is 9.17. The Morgan fingerprint density at radius 2 is 1.38 bits per heavy atom. The lowest BCUT2D eigenvalue weighted by Gasteiger charge is -2.23. The van der Waals surface area contributed by atoms with Crippen LogP contribution in [0.3, 0.4) is 0 Å². The number of rotatable bonds is 6. The monoisotopic (exact) mass is 362 g/mol. The van der Waals surface area contributed by atoms with Crippen LogP contribution in [0.2, 0.25) is 0 Å². The van der Waals surface area contributed by atoms with Crippen molar-refractivity contribution in [2.24, 2.45) is 5.92 Å². The van der Waals surface area contributed by atoms with Gasteiger partial charge in [0.1, 0.15) is 11.2 Å². The topological polar surface area (TPSA) is 52.6 Å². The van der Waals surface area contributed by atoms with E-state index < -0.39 is 23.1 Å². The first-order valence-corrected chi connectivity index (χ1v) is 9.38. The summed E-state index contributed by atoms with van der Waals surface area (Å²) in [6.45, 7) is 15.2. The van der Waals surface area contributed by atoms with Crippen LogP contribution in [0.1, 0.15) is 94.5 Å². The van der Waals surface area contributed by atoms with Gasteiger partial charge in [-0.25, -0.2) is 9.59 Å². The number of esters is 2. The molecule has 0 saturated carbocycles. The van der Waals surface area contributed by atoms with Crippen molar-refractivity contribution in [3.8, 4) is 0 Å². The van der Waals surface area contributed by atoms with Crippen molar-refractivity contribution in [1.82, 2.24) is 0 Å². The third-order valence-electron chi connectivity index (χ3n) is 3.57. The first-order chi connectivity index (χ1) is 11.8. The minimum atomic E-state index is -0.629. The van der Waals surface area contributed by atoms with Gasteiger partial charge in [-0.1, -0.05) is 26.3 Å². The first kappa shape index (κ1) is 22.2. The van der Waals surface area contributed by atoms with E-state index in [4.69, 9.17) is 9.47 Å². The normalized spacial score (nSPS) is 12.2. The van der Waals surface area contributed by atoms with E-state index in [2.05, 4.69) is 13.8 Å². The van der Waals surface area contributed by atoms with Crippen molar-refractivity contribution in [1.29, 1.82) is 0 Å². The summed E-state index contributed by atoms with van der Waals surface area (Å²) in [4.78, 5) is 25.2. The highest BCUT2D eigenvalue weighted by atomic mass is 16.6. The van der Waals surface area contributed by atoms with Gasteiger partial charge >= 0.3 is 11.9 Å². The molecule has 0 atom stereocenters. The van der Waals surface area contributed by atoms with Crippen molar-refractivity contribution >= 4 is 11.9 Å². The molecule has 4 nitrogen and oxygen atoms in total. The molecule has 1 aromatic carbocycles. The van der Waals surface area contributed by atoms with Gasteiger partial charge in [0.15, 0.2) is 0 Å². The van der Waals surface area contributed by atoms with Crippen LogP contribution in [0, 0.1) is 5.92 Å². The number of carbonyl (C=O) groups excluding carboxylic acids is 2. The molecule has 146 valence electrons. The van der Waals surface area contributed by atoms with Gasteiger partial charge in [-0.05, 0) is 78.0 Å². The quantitative estimate of drug-likeness (QED) is 0.620. The molecule has 0 unspecified atom stereocenters. The van der Waals surface area contributed by atoms with Crippen molar-refractivity contribution in [2.75, 3.05) is 0 Å². The lowest BCUT2D eigenvalue weighted by Crippen LogP contribution is -2.28. The molecule has 0 aliphatic carbocycles. The van der Waals surface area contributed by atoms with Gasteiger partial charge in [0, 0.05) is 0 Å². The maximum Gasteiger partial charge on any atom is 0.339 e. The molecule has 0 N–H and O–H groups in total.